The molecule has 0 amide bonds. The molecule has 3 N–H and O–H groups in total. The van der Waals surface area contributed by atoms with Crippen LogP contribution in [-0.2, 0) is 12.1 Å². The Morgan fingerprint density at radius 2 is 1.85 bits per heavy atom. The fraction of sp³-hybridized carbons (Fsp3) is 0.350. The number of rotatable bonds is 6. The molecule has 146 valence electrons. The molecule has 1 heterocycles. The Morgan fingerprint density at radius 1 is 1.11 bits per heavy atom. The van der Waals surface area contributed by atoms with Crippen molar-refractivity contribution in [1.29, 1.82) is 0 Å². The van der Waals surface area contributed by atoms with E-state index in [9.17, 15) is 5.11 Å². The van der Waals surface area contributed by atoms with Crippen LogP contribution in [0.4, 0.5) is 0 Å². The van der Waals surface area contributed by atoms with Crippen LogP contribution in [-0.4, -0.2) is 30.9 Å². The van der Waals surface area contributed by atoms with Gasteiger partial charge in [0.05, 0.1) is 13.1 Å². The highest BCUT2D eigenvalue weighted by atomic mass is 127. The van der Waals surface area contributed by atoms with E-state index in [2.05, 4.69) is 15.6 Å². The van der Waals surface area contributed by atoms with E-state index >= 15 is 0 Å². The molecule has 27 heavy (non-hydrogen) atoms. The van der Waals surface area contributed by atoms with Gasteiger partial charge in [0.1, 0.15) is 5.60 Å². The quantitative estimate of drug-likeness (QED) is 0.335. The van der Waals surface area contributed by atoms with E-state index in [-0.39, 0.29) is 30.8 Å². The zero-order valence-electron chi connectivity index (χ0n) is 15.6. The summed E-state index contributed by atoms with van der Waals surface area (Å²) in [5.41, 5.74) is 0.899. The van der Waals surface area contributed by atoms with Gasteiger partial charge >= 0.3 is 0 Å². The van der Waals surface area contributed by atoms with Gasteiger partial charge in [0, 0.05) is 6.54 Å². The molecular weight excluding hydrogens is 457 g/mol. The van der Waals surface area contributed by atoms with E-state index in [4.69, 9.17) is 9.47 Å². The standard InChI is InChI=1S/C20H25N3O3.HI/c1-3-21-19(23-13-20(2,24)16-7-5-4-6-8-16)22-12-15-9-10-17-18(11-15)26-14-25-17;/h4-11,24H,3,12-14H2,1-2H3,(H2,21,22,23);1H. The minimum atomic E-state index is -0.990. The molecule has 0 fully saturated rings. The predicted octanol–water partition coefficient (Wildman–Crippen LogP) is 3.00. The molecule has 1 unspecified atom stereocenters. The number of aliphatic imine (C=N–C) groups is 1. The molecule has 0 aromatic heterocycles. The number of nitrogens with zero attached hydrogens (tertiary/aromatic N) is 1. The molecular formula is C20H26IN3O3. The van der Waals surface area contributed by atoms with Crippen LogP contribution < -0.4 is 20.1 Å². The van der Waals surface area contributed by atoms with Gasteiger partial charge in [0.25, 0.3) is 0 Å². The molecule has 6 nitrogen and oxygen atoms in total. The molecule has 0 aliphatic carbocycles. The van der Waals surface area contributed by atoms with Gasteiger partial charge in [0.2, 0.25) is 6.79 Å². The molecule has 1 aliphatic heterocycles. The van der Waals surface area contributed by atoms with Crippen molar-refractivity contribution in [3.63, 3.8) is 0 Å². The van der Waals surface area contributed by atoms with Gasteiger partial charge in [-0.2, -0.15) is 0 Å². The number of hydrogen-bond acceptors (Lipinski definition) is 4. The number of guanidine groups is 1. The largest absolute Gasteiger partial charge is 0.454 e. The van der Waals surface area contributed by atoms with Crippen LogP contribution in [0.5, 0.6) is 11.5 Å². The number of aliphatic hydroxyl groups is 1. The van der Waals surface area contributed by atoms with Gasteiger partial charge in [-0.1, -0.05) is 36.4 Å². The van der Waals surface area contributed by atoms with E-state index in [1.165, 1.54) is 0 Å². The maximum absolute atomic E-state index is 10.7. The Morgan fingerprint density at radius 3 is 2.59 bits per heavy atom. The number of benzene rings is 2. The highest BCUT2D eigenvalue weighted by Gasteiger charge is 2.23. The molecule has 0 saturated carbocycles. The molecule has 0 radical (unpaired) electrons. The number of fused-ring (bicyclic) bond motifs is 1. The van der Waals surface area contributed by atoms with Crippen LogP contribution in [0.15, 0.2) is 53.5 Å². The van der Waals surface area contributed by atoms with Crippen molar-refractivity contribution in [2.75, 3.05) is 19.9 Å². The minimum Gasteiger partial charge on any atom is -0.454 e. The Labute approximate surface area is 177 Å². The Balaban J connectivity index is 0.00000261. The first kappa shape index (κ1) is 21.3. The van der Waals surface area contributed by atoms with Gasteiger partial charge in [-0.3, -0.25) is 0 Å². The van der Waals surface area contributed by atoms with E-state index in [0.717, 1.165) is 29.2 Å². The van der Waals surface area contributed by atoms with E-state index in [0.29, 0.717) is 19.0 Å². The first-order valence-corrected chi connectivity index (χ1v) is 8.77. The zero-order valence-corrected chi connectivity index (χ0v) is 17.9. The van der Waals surface area contributed by atoms with Crippen molar-refractivity contribution < 1.29 is 14.6 Å². The third kappa shape index (κ3) is 5.74. The second-order valence-electron chi connectivity index (χ2n) is 6.38. The van der Waals surface area contributed by atoms with E-state index in [1.54, 1.807) is 6.92 Å². The van der Waals surface area contributed by atoms with Gasteiger partial charge in [-0.05, 0) is 37.1 Å². The van der Waals surface area contributed by atoms with Crippen molar-refractivity contribution in [3.05, 3.63) is 59.7 Å². The Bertz CT molecular complexity index is 766. The number of nitrogens with one attached hydrogen (secondary N) is 2. The molecule has 1 atom stereocenters. The lowest BCUT2D eigenvalue weighted by Gasteiger charge is -2.25. The maximum Gasteiger partial charge on any atom is 0.231 e. The Hall–Kier alpha value is -2.00. The highest BCUT2D eigenvalue weighted by Crippen LogP contribution is 2.32. The van der Waals surface area contributed by atoms with Crippen molar-refractivity contribution in [2.45, 2.75) is 26.0 Å². The van der Waals surface area contributed by atoms with Crippen LogP contribution in [0.1, 0.15) is 25.0 Å². The molecule has 0 spiro atoms. The Kier molecular flexibility index (Phi) is 7.73. The van der Waals surface area contributed by atoms with Crippen molar-refractivity contribution in [1.82, 2.24) is 10.6 Å². The first-order chi connectivity index (χ1) is 12.6. The average Bonchev–Trinajstić information content (AvgIpc) is 3.12. The number of halogens is 1. The van der Waals surface area contributed by atoms with Gasteiger partial charge in [0.15, 0.2) is 17.5 Å². The monoisotopic (exact) mass is 483 g/mol. The maximum atomic E-state index is 10.7. The fourth-order valence-electron chi connectivity index (χ4n) is 2.71. The van der Waals surface area contributed by atoms with Crippen molar-refractivity contribution in [3.8, 4) is 11.5 Å². The minimum absolute atomic E-state index is 0. The topological polar surface area (TPSA) is 75.1 Å². The van der Waals surface area contributed by atoms with Crippen LogP contribution in [0.3, 0.4) is 0 Å². The van der Waals surface area contributed by atoms with E-state index < -0.39 is 5.60 Å². The average molecular weight is 483 g/mol. The third-order valence-electron chi connectivity index (χ3n) is 4.20. The fourth-order valence-corrected chi connectivity index (χ4v) is 2.71. The van der Waals surface area contributed by atoms with E-state index in [1.807, 2.05) is 55.5 Å². The molecule has 0 saturated heterocycles. The van der Waals surface area contributed by atoms with Gasteiger partial charge in [-0.25, -0.2) is 4.99 Å². The summed E-state index contributed by atoms with van der Waals surface area (Å²) in [7, 11) is 0. The number of ether oxygens (including phenoxy) is 2. The van der Waals surface area contributed by atoms with Gasteiger partial charge < -0.3 is 25.2 Å². The predicted molar refractivity (Wildman–Crippen MR) is 117 cm³/mol. The second-order valence-corrected chi connectivity index (χ2v) is 6.38. The summed E-state index contributed by atoms with van der Waals surface area (Å²) in [6.45, 7) is 5.65. The lowest BCUT2D eigenvalue weighted by molar-refractivity contribution is 0.0617. The summed E-state index contributed by atoms with van der Waals surface area (Å²) >= 11 is 0. The summed E-state index contributed by atoms with van der Waals surface area (Å²) < 4.78 is 10.7. The second kappa shape index (κ2) is 9.80. The molecule has 7 heteroatoms. The lowest BCUT2D eigenvalue weighted by Crippen LogP contribution is -2.44. The third-order valence-corrected chi connectivity index (χ3v) is 4.20. The van der Waals surface area contributed by atoms with Crippen LogP contribution >= 0.6 is 24.0 Å². The van der Waals surface area contributed by atoms with Crippen LogP contribution in [0.25, 0.3) is 0 Å². The first-order valence-electron chi connectivity index (χ1n) is 8.77. The summed E-state index contributed by atoms with van der Waals surface area (Å²) in [4.78, 5) is 4.59. The highest BCUT2D eigenvalue weighted by molar-refractivity contribution is 14.0. The molecule has 1 aliphatic rings. The summed E-state index contributed by atoms with van der Waals surface area (Å²) in [5, 5.41) is 17.1. The zero-order chi connectivity index (χ0) is 18.4. The molecule has 0 bridgehead atoms. The molecule has 2 aromatic carbocycles. The summed E-state index contributed by atoms with van der Waals surface area (Å²) in [6, 6.07) is 15.4. The van der Waals surface area contributed by atoms with Gasteiger partial charge in [-0.15, -0.1) is 24.0 Å². The lowest BCUT2D eigenvalue weighted by atomic mass is 9.96. The number of hydrogen-bond donors (Lipinski definition) is 3. The summed E-state index contributed by atoms with van der Waals surface area (Å²) in [5.74, 6) is 2.17. The SMILES string of the molecule is CCNC(=NCc1ccc2c(c1)OCO2)NCC(C)(O)c1ccccc1.I. The van der Waals surface area contributed by atoms with Crippen molar-refractivity contribution in [2.24, 2.45) is 4.99 Å². The van der Waals surface area contributed by atoms with Crippen LogP contribution in [0, 0.1) is 0 Å². The van der Waals surface area contributed by atoms with Crippen LogP contribution in [0.2, 0.25) is 0 Å². The normalized spacial score (nSPS) is 14.9. The molecule has 3 rings (SSSR count). The van der Waals surface area contributed by atoms with Crippen molar-refractivity contribution >= 4 is 29.9 Å². The summed E-state index contributed by atoms with van der Waals surface area (Å²) in [6.07, 6.45) is 0. The molecule has 2 aromatic rings. The smallest absolute Gasteiger partial charge is 0.231 e.